The maximum absolute atomic E-state index is 12.5. The Kier molecular flexibility index (Phi) is 5.96. The van der Waals surface area contributed by atoms with Crippen LogP contribution in [0.4, 0.5) is 5.69 Å². The van der Waals surface area contributed by atoms with Gasteiger partial charge >= 0.3 is 0 Å². The third-order valence-electron chi connectivity index (χ3n) is 4.23. The number of hydrogen-bond donors (Lipinski definition) is 2. The molecule has 5 nitrogen and oxygen atoms in total. The monoisotopic (exact) mass is 367 g/mol. The summed E-state index contributed by atoms with van der Waals surface area (Å²) >= 11 is 5.30. The van der Waals surface area contributed by atoms with E-state index in [1.807, 2.05) is 48.5 Å². The van der Waals surface area contributed by atoms with Crippen LogP contribution < -0.4 is 10.9 Å². The number of benzene rings is 2. The van der Waals surface area contributed by atoms with Gasteiger partial charge in [0.1, 0.15) is 0 Å². The van der Waals surface area contributed by atoms with E-state index in [0.717, 1.165) is 30.5 Å². The lowest BCUT2D eigenvalue weighted by Gasteiger charge is -2.08. The Bertz CT molecular complexity index is 1010. The average molecular weight is 367 g/mol. The Morgan fingerprint density at radius 3 is 2.54 bits per heavy atom. The smallest absolute Gasteiger partial charge is 0.262 e. The molecule has 26 heavy (non-hydrogen) atoms. The summed E-state index contributed by atoms with van der Waals surface area (Å²) in [4.78, 5) is 27.5. The predicted molar refractivity (Wildman–Crippen MR) is 107 cm³/mol. The Morgan fingerprint density at radius 1 is 1.00 bits per heavy atom. The molecule has 0 bridgehead atoms. The van der Waals surface area contributed by atoms with Crippen molar-refractivity contribution < 1.29 is 4.79 Å². The minimum atomic E-state index is -0.0637. The van der Waals surface area contributed by atoms with Gasteiger partial charge in [0, 0.05) is 18.7 Å². The minimum absolute atomic E-state index is 0.0105. The normalized spacial score (nSPS) is 10.8. The van der Waals surface area contributed by atoms with Gasteiger partial charge in [0.15, 0.2) is 4.77 Å². The molecule has 1 aromatic heterocycles. The maximum atomic E-state index is 12.5. The average Bonchev–Trinajstić information content (AvgIpc) is 2.64. The van der Waals surface area contributed by atoms with Gasteiger partial charge in [-0.3, -0.25) is 14.2 Å². The first-order valence-corrected chi connectivity index (χ1v) is 9.13. The number of unbranched alkanes of at least 4 members (excludes halogenated alkanes) is 2. The highest BCUT2D eigenvalue weighted by Gasteiger charge is 2.06. The van der Waals surface area contributed by atoms with E-state index < -0.39 is 0 Å². The zero-order valence-corrected chi connectivity index (χ0v) is 15.2. The van der Waals surface area contributed by atoms with E-state index in [1.165, 1.54) is 0 Å². The first-order chi connectivity index (χ1) is 12.6. The molecule has 0 fully saturated rings. The van der Waals surface area contributed by atoms with Crippen molar-refractivity contribution >= 4 is 34.7 Å². The van der Waals surface area contributed by atoms with E-state index in [-0.39, 0.29) is 11.5 Å². The summed E-state index contributed by atoms with van der Waals surface area (Å²) in [6, 6.07) is 16.8. The number of amides is 1. The van der Waals surface area contributed by atoms with Gasteiger partial charge in [0.05, 0.1) is 10.9 Å². The Balaban J connectivity index is 1.50. The third kappa shape index (κ3) is 4.46. The molecule has 0 saturated carbocycles. The highest BCUT2D eigenvalue weighted by molar-refractivity contribution is 7.71. The van der Waals surface area contributed by atoms with E-state index in [2.05, 4.69) is 10.3 Å². The number of anilines is 1. The van der Waals surface area contributed by atoms with E-state index in [0.29, 0.717) is 23.1 Å². The van der Waals surface area contributed by atoms with Gasteiger partial charge in [-0.15, -0.1) is 0 Å². The maximum Gasteiger partial charge on any atom is 0.262 e. The van der Waals surface area contributed by atoms with Crippen LogP contribution in [0.3, 0.4) is 0 Å². The van der Waals surface area contributed by atoms with Crippen molar-refractivity contribution in [1.82, 2.24) is 9.55 Å². The summed E-state index contributed by atoms with van der Waals surface area (Å²) in [5.41, 5.74) is 1.51. The molecule has 2 N–H and O–H groups in total. The summed E-state index contributed by atoms with van der Waals surface area (Å²) in [7, 11) is 0. The van der Waals surface area contributed by atoms with Crippen LogP contribution in [0.2, 0.25) is 0 Å². The lowest BCUT2D eigenvalue weighted by molar-refractivity contribution is -0.116. The minimum Gasteiger partial charge on any atom is -0.332 e. The van der Waals surface area contributed by atoms with Gasteiger partial charge in [-0.2, -0.15) is 0 Å². The lowest BCUT2D eigenvalue weighted by atomic mass is 10.2. The van der Waals surface area contributed by atoms with Gasteiger partial charge in [-0.05, 0) is 49.3 Å². The van der Waals surface area contributed by atoms with E-state index >= 15 is 0 Å². The lowest BCUT2D eigenvalue weighted by Crippen LogP contribution is -2.22. The van der Waals surface area contributed by atoms with Gasteiger partial charge in [-0.25, -0.2) is 0 Å². The van der Waals surface area contributed by atoms with Crippen molar-refractivity contribution in [2.24, 2.45) is 0 Å². The second-order valence-electron chi connectivity index (χ2n) is 6.16. The highest BCUT2D eigenvalue weighted by Crippen LogP contribution is 2.09. The van der Waals surface area contributed by atoms with Gasteiger partial charge in [0.25, 0.3) is 5.56 Å². The van der Waals surface area contributed by atoms with Crippen LogP contribution in [0.15, 0.2) is 59.4 Å². The van der Waals surface area contributed by atoms with Gasteiger partial charge < -0.3 is 10.3 Å². The summed E-state index contributed by atoms with van der Waals surface area (Å²) in [5.74, 6) is 0.0105. The summed E-state index contributed by atoms with van der Waals surface area (Å²) in [6.07, 6.45) is 2.90. The Morgan fingerprint density at radius 2 is 1.73 bits per heavy atom. The SMILES string of the molecule is O=C(CCCCCn1c(=S)[nH]c2ccccc2c1=O)Nc1ccccc1. The number of carbonyl (C=O) groups excluding carboxylic acids is 1. The molecule has 1 heterocycles. The molecular formula is C20H21N3O2S. The Labute approximate surface area is 156 Å². The van der Waals surface area contributed by atoms with Crippen molar-refractivity contribution in [3.8, 4) is 0 Å². The van der Waals surface area contributed by atoms with Crippen LogP contribution in [0, 0.1) is 4.77 Å². The molecule has 3 rings (SSSR count). The number of rotatable bonds is 7. The first kappa shape index (κ1) is 18.1. The summed E-state index contributed by atoms with van der Waals surface area (Å²) in [5, 5.41) is 3.52. The van der Waals surface area contributed by atoms with Crippen molar-refractivity contribution in [2.45, 2.75) is 32.2 Å². The molecule has 0 unspecified atom stereocenters. The third-order valence-corrected chi connectivity index (χ3v) is 4.55. The molecule has 0 aliphatic carbocycles. The number of nitrogens with zero attached hydrogens (tertiary/aromatic N) is 1. The van der Waals surface area contributed by atoms with Crippen molar-refractivity contribution in [2.75, 3.05) is 5.32 Å². The molecule has 3 aromatic rings. The number of H-pyrrole nitrogens is 1. The Hall–Kier alpha value is -2.73. The highest BCUT2D eigenvalue weighted by atomic mass is 32.1. The zero-order chi connectivity index (χ0) is 18.4. The molecule has 134 valence electrons. The van der Waals surface area contributed by atoms with Crippen LogP contribution in [-0.4, -0.2) is 15.5 Å². The second-order valence-corrected chi connectivity index (χ2v) is 6.54. The molecule has 1 amide bonds. The number of fused-ring (bicyclic) bond motifs is 1. The molecule has 0 saturated heterocycles. The number of para-hydroxylation sites is 2. The van der Waals surface area contributed by atoms with Gasteiger partial charge in [0.2, 0.25) is 5.91 Å². The van der Waals surface area contributed by atoms with Crippen LogP contribution in [0.1, 0.15) is 25.7 Å². The summed E-state index contributed by atoms with van der Waals surface area (Å²) < 4.78 is 2.04. The zero-order valence-electron chi connectivity index (χ0n) is 14.4. The number of aromatic amines is 1. The van der Waals surface area contributed by atoms with E-state index in [4.69, 9.17) is 12.2 Å². The quantitative estimate of drug-likeness (QED) is 0.484. The van der Waals surface area contributed by atoms with E-state index in [9.17, 15) is 9.59 Å². The van der Waals surface area contributed by atoms with Crippen molar-refractivity contribution in [1.29, 1.82) is 0 Å². The number of hydrogen-bond acceptors (Lipinski definition) is 3. The molecule has 0 spiro atoms. The summed E-state index contributed by atoms with van der Waals surface area (Å²) in [6.45, 7) is 0.555. The topological polar surface area (TPSA) is 66.9 Å². The first-order valence-electron chi connectivity index (χ1n) is 8.72. The predicted octanol–water partition coefficient (Wildman–Crippen LogP) is 4.26. The largest absolute Gasteiger partial charge is 0.332 e. The standard InChI is InChI=1S/C20H21N3O2S/c24-18(21-15-9-3-1-4-10-15)13-5-2-8-14-23-19(25)16-11-6-7-12-17(16)22-20(23)26/h1,3-4,6-7,9-12H,2,5,8,13-14H2,(H,21,24)(H,22,26). The molecule has 2 aromatic carbocycles. The molecule has 0 atom stereocenters. The van der Waals surface area contributed by atoms with Crippen LogP contribution in [-0.2, 0) is 11.3 Å². The number of carbonyl (C=O) groups is 1. The fourth-order valence-electron chi connectivity index (χ4n) is 2.88. The molecule has 0 aliphatic rings. The molecule has 0 aliphatic heterocycles. The number of nitrogens with one attached hydrogen (secondary N) is 2. The second kappa shape index (κ2) is 8.58. The van der Waals surface area contributed by atoms with Crippen LogP contribution in [0.25, 0.3) is 10.9 Å². The molecule has 6 heteroatoms. The van der Waals surface area contributed by atoms with Crippen LogP contribution in [0.5, 0.6) is 0 Å². The molecule has 0 radical (unpaired) electrons. The van der Waals surface area contributed by atoms with Gasteiger partial charge in [-0.1, -0.05) is 36.8 Å². The molecular weight excluding hydrogens is 346 g/mol. The van der Waals surface area contributed by atoms with E-state index in [1.54, 1.807) is 10.6 Å². The number of aromatic nitrogens is 2. The van der Waals surface area contributed by atoms with Crippen LogP contribution >= 0.6 is 12.2 Å². The van der Waals surface area contributed by atoms with Crippen molar-refractivity contribution in [3.63, 3.8) is 0 Å². The fraction of sp³-hybridized carbons (Fsp3) is 0.250. The fourth-order valence-corrected chi connectivity index (χ4v) is 3.16. The van der Waals surface area contributed by atoms with Crippen molar-refractivity contribution in [3.05, 3.63) is 69.7 Å².